The number of anilines is 2. The van der Waals surface area contributed by atoms with Crippen LogP contribution in [0.2, 0.25) is 24.2 Å². The lowest BCUT2D eigenvalue weighted by molar-refractivity contribution is -0.138. The zero-order valence-electron chi connectivity index (χ0n) is 54.8. The maximum absolute atomic E-state index is 13.8. The van der Waals surface area contributed by atoms with Gasteiger partial charge < -0.3 is 54.3 Å². The highest BCUT2D eigenvalue weighted by Gasteiger charge is 2.61. The van der Waals surface area contributed by atoms with Gasteiger partial charge in [0.05, 0.1) is 57.3 Å². The summed E-state index contributed by atoms with van der Waals surface area (Å²) in [6.45, 7) is 2.50. The molecule has 6 aromatic carbocycles. The van der Waals surface area contributed by atoms with Crippen LogP contribution in [0.25, 0.3) is 0 Å². The number of aromatic hydroxyl groups is 2. The number of carbonyl (C=O) groups is 8. The summed E-state index contributed by atoms with van der Waals surface area (Å²) < 4.78 is 29.6. The maximum atomic E-state index is 13.8. The van der Waals surface area contributed by atoms with Gasteiger partial charge in [-0.05, 0) is 130 Å². The third kappa shape index (κ3) is 11.7. The third-order valence-electron chi connectivity index (χ3n) is 20.4. The minimum absolute atomic E-state index is 0.0350. The van der Waals surface area contributed by atoms with Gasteiger partial charge in [-0.15, -0.1) is 0 Å². The minimum atomic E-state index is -2.44. The predicted molar refractivity (Wildman–Crippen MR) is 367 cm³/mol. The monoisotopic (exact) mass is 1350 g/mol. The molecule has 0 bridgehead atoms. The molecule has 8 aliphatic heterocycles. The first-order valence-corrected chi connectivity index (χ1v) is 38.1. The second kappa shape index (κ2) is 26.8. The summed E-state index contributed by atoms with van der Waals surface area (Å²) in [5.41, 5.74) is 6.12. The Morgan fingerprint density at radius 2 is 0.814 bits per heavy atom. The van der Waals surface area contributed by atoms with Crippen molar-refractivity contribution in [3.05, 3.63) is 189 Å². The smallest absolute Gasteiger partial charge is 0.340 e. The van der Waals surface area contributed by atoms with Crippen LogP contribution in [0.4, 0.5) is 11.4 Å². The van der Waals surface area contributed by atoms with Gasteiger partial charge in [-0.3, -0.25) is 38.6 Å². The van der Waals surface area contributed by atoms with Gasteiger partial charge in [-0.2, -0.15) is 0 Å². The minimum Gasteiger partial charge on any atom is -0.508 e. The number of hydrogen-bond donors (Lipinski definition) is 4. The van der Waals surface area contributed by atoms with Crippen LogP contribution in [-0.2, 0) is 54.1 Å². The summed E-state index contributed by atoms with van der Waals surface area (Å²) >= 11 is 0. The molecule has 0 unspecified atom stereocenters. The number of esters is 2. The van der Waals surface area contributed by atoms with Crippen molar-refractivity contribution in [2.24, 2.45) is 0 Å². The summed E-state index contributed by atoms with van der Waals surface area (Å²) in [6, 6.07) is 38.0. The molecule has 0 aromatic heterocycles. The number of nitrogens with zero attached hydrogens (tertiary/aromatic N) is 4. The lowest BCUT2D eigenvalue weighted by Crippen LogP contribution is -2.67. The molecule has 0 aliphatic carbocycles. The molecule has 2 saturated heterocycles. The Labute approximate surface area is 564 Å². The van der Waals surface area contributed by atoms with E-state index in [1.165, 1.54) is 53.9 Å². The summed E-state index contributed by atoms with van der Waals surface area (Å²) in [4.78, 5) is 107. The van der Waals surface area contributed by atoms with Crippen molar-refractivity contribution in [1.29, 1.82) is 0 Å². The van der Waals surface area contributed by atoms with E-state index in [4.69, 9.17) is 23.7 Å². The molecule has 4 spiro atoms. The van der Waals surface area contributed by atoms with Crippen LogP contribution in [0.15, 0.2) is 133 Å². The van der Waals surface area contributed by atoms with E-state index < -0.39 is 51.0 Å². The number of amides is 6. The number of benzene rings is 6. The van der Waals surface area contributed by atoms with Crippen LogP contribution in [0, 0.1) is 0 Å². The Bertz CT molecular complexity index is 4130. The predicted octanol–water partition coefficient (Wildman–Crippen LogP) is 5.32. The number of imide groups is 2. The number of phenols is 2. The molecule has 6 aromatic rings. The fourth-order valence-corrected chi connectivity index (χ4v) is 27.2. The molecule has 97 heavy (non-hydrogen) atoms. The van der Waals surface area contributed by atoms with Gasteiger partial charge >= 0.3 is 11.9 Å². The second-order valence-electron chi connectivity index (χ2n) is 26.3. The zero-order valence-corrected chi connectivity index (χ0v) is 56.8. The molecule has 2 fully saturated rings. The molecule has 0 radical (unpaired) electrons. The summed E-state index contributed by atoms with van der Waals surface area (Å²) in [5.74, 6) is -2.82. The average Bonchev–Trinajstić information content (AvgIpc) is 1.66. The number of phenolic OH excluding ortho intramolecular Hbond substituents is 2. The molecular weight excluding hydrogens is 1270 g/mol. The van der Waals surface area contributed by atoms with E-state index in [2.05, 4.69) is 85.0 Å². The summed E-state index contributed by atoms with van der Waals surface area (Å²) in [6.07, 6.45) is 11.7. The quantitative estimate of drug-likeness (QED) is 0.0346. The number of carbonyl (C=O) groups excluding carboxylic acids is 8. The van der Waals surface area contributed by atoms with E-state index in [1.807, 2.05) is 18.2 Å². The topological polar surface area (TPSA) is 260 Å². The highest BCUT2D eigenvalue weighted by Crippen LogP contribution is 2.53. The normalized spacial score (nSPS) is 18.1. The molecule has 14 rings (SSSR count). The molecule has 23 heteroatoms. The van der Waals surface area contributed by atoms with Gasteiger partial charge in [0.2, 0.25) is 0 Å². The largest absolute Gasteiger partial charge is 0.508 e. The lowest BCUT2D eigenvalue weighted by Gasteiger charge is -2.48. The fraction of sp³-hybridized carbons (Fsp3) is 0.351. The Balaban J connectivity index is 0.000000181. The van der Waals surface area contributed by atoms with E-state index in [0.29, 0.717) is 73.0 Å². The highest BCUT2D eigenvalue weighted by molar-refractivity contribution is 7.04. The zero-order chi connectivity index (χ0) is 68.0. The number of hydrogen-bond acceptors (Lipinski definition) is 17. The van der Waals surface area contributed by atoms with Crippen molar-refractivity contribution in [2.45, 2.75) is 73.9 Å². The average molecular weight is 1350 g/mol. The van der Waals surface area contributed by atoms with Crippen molar-refractivity contribution < 1.29 is 72.3 Å². The molecule has 8 heterocycles. The van der Waals surface area contributed by atoms with Crippen molar-refractivity contribution >= 4 is 95.7 Å². The first kappa shape index (κ1) is 66.1. The standard InChI is InChI=1S/C42H50N4O8Si.C32H28N2O7Si/c1-44(2)30-9-12-33-36(27-30)55(24-6-5-7-25-55)37-28-31(45(3)4)10-13-34(37)42(33)35-26-29(8-11-32(35)41(50)54-42)40(49)43-16-18-51-20-22-53-23-21-52-19-17-46-38(47)14-15-39(46)48;35-20-5-8-23-26(17-20)42(14-2-1-3-15-42)27-18-21(36)6-9-24(27)32(23)25-16-19(4-7-22(25)31(40)41-32)30(39)33-12-13-34-28(37)10-11-29(34)38/h8-15,26-28H,5-7,16-25H2,1-4H3,(H,43,49);4-11,16-18,35-36H,1-3,12-15H2,(H,33,39). The van der Waals surface area contributed by atoms with Crippen LogP contribution in [0.1, 0.15) is 113 Å². The van der Waals surface area contributed by atoms with Crippen LogP contribution in [0.3, 0.4) is 0 Å². The molecule has 6 amide bonds. The number of fused-ring (bicyclic) bond motifs is 16. The van der Waals surface area contributed by atoms with Gasteiger partial charge in [0.1, 0.15) is 27.6 Å². The van der Waals surface area contributed by atoms with Crippen LogP contribution >= 0.6 is 0 Å². The Kier molecular flexibility index (Phi) is 18.3. The van der Waals surface area contributed by atoms with Crippen LogP contribution in [0.5, 0.6) is 11.5 Å². The van der Waals surface area contributed by atoms with E-state index in [9.17, 15) is 48.6 Å². The van der Waals surface area contributed by atoms with Gasteiger partial charge in [0.25, 0.3) is 35.4 Å². The highest BCUT2D eigenvalue weighted by atomic mass is 28.3. The number of nitrogens with one attached hydrogen (secondary N) is 2. The van der Waals surface area contributed by atoms with Crippen molar-refractivity contribution in [3.63, 3.8) is 0 Å². The Hall–Kier alpha value is -9.53. The van der Waals surface area contributed by atoms with Crippen molar-refractivity contribution in [1.82, 2.24) is 20.4 Å². The van der Waals surface area contributed by atoms with E-state index in [-0.39, 0.29) is 61.4 Å². The van der Waals surface area contributed by atoms with Crippen molar-refractivity contribution in [3.8, 4) is 11.5 Å². The Morgan fingerprint density at radius 1 is 0.443 bits per heavy atom. The molecule has 21 nitrogen and oxygen atoms in total. The lowest BCUT2D eigenvalue weighted by atomic mass is 9.78. The molecule has 4 N–H and O–H groups in total. The molecule has 0 atom stereocenters. The van der Waals surface area contributed by atoms with Gasteiger partial charge in [-0.1, -0.05) is 62.8 Å². The van der Waals surface area contributed by atoms with Crippen molar-refractivity contribution in [2.75, 3.05) is 104 Å². The second-order valence-corrected chi connectivity index (χ2v) is 34.8. The van der Waals surface area contributed by atoms with Crippen LogP contribution < -0.4 is 41.2 Å². The van der Waals surface area contributed by atoms with E-state index in [0.717, 1.165) is 97.2 Å². The maximum Gasteiger partial charge on any atom is 0.340 e. The number of ether oxygens (including phenoxy) is 5. The van der Waals surface area contributed by atoms with Gasteiger partial charge in [-0.25, -0.2) is 9.59 Å². The molecule has 0 saturated carbocycles. The van der Waals surface area contributed by atoms with E-state index in [1.54, 1.807) is 54.6 Å². The Morgan fingerprint density at radius 3 is 1.24 bits per heavy atom. The SMILES string of the molecule is CN(C)c1ccc2c(c1)[Si]1(CCCCC1)c1cc(N(C)C)ccc1C21OC(=O)c2ccc(C(=O)NCCOCCOCCOCCN3C(=O)C=CC3=O)cc21.O=C(NCCN1C(=O)C=CC1=O)c1ccc2c(c1)C1(OC2=O)c2ccc(O)cc2[Si]2(CCCCC2)c2cc(O)ccc21. The van der Waals surface area contributed by atoms with Gasteiger partial charge in [0, 0.05) is 128 Å². The molecule has 502 valence electrons. The van der Waals surface area contributed by atoms with Gasteiger partial charge in [0.15, 0.2) is 11.2 Å². The molecule has 8 aliphatic rings. The third-order valence-corrected chi connectivity index (χ3v) is 31.1. The summed E-state index contributed by atoms with van der Waals surface area (Å²) in [7, 11) is 3.54. The first-order valence-electron chi connectivity index (χ1n) is 33.3. The summed E-state index contributed by atoms with van der Waals surface area (Å²) in [5, 5.41) is 31.7. The first-order chi connectivity index (χ1) is 46.8. The van der Waals surface area contributed by atoms with Crippen LogP contribution in [-0.4, -0.2) is 178 Å². The molecular formula is C74H78N6O15Si2. The van der Waals surface area contributed by atoms with E-state index >= 15 is 0 Å². The number of rotatable bonds is 19. The fourth-order valence-electron chi connectivity index (χ4n) is 15.8.